The fourth-order valence-corrected chi connectivity index (χ4v) is 2.19. The molecule has 0 radical (unpaired) electrons. The van der Waals surface area contributed by atoms with Gasteiger partial charge in [0, 0.05) is 13.6 Å². The molecule has 0 aliphatic heterocycles. The van der Waals surface area contributed by atoms with Gasteiger partial charge in [0.05, 0.1) is 12.6 Å². The summed E-state index contributed by atoms with van der Waals surface area (Å²) in [6.07, 6.45) is 0.150. The van der Waals surface area contributed by atoms with Gasteiger partial charge < -0.3 is 19.7 Å². The van der Waals surface area contributed by atoms with E-state index >= 15 is 0 Å². The summed E-state index contributed by atoms with van der Waals surface area (Å²) < 4.78 is 11.2. The van der Waals surface area contributed by atoms with Gasteiger partial charge in [-0.05, 0) is 43.7 Å². The lowest BCUT2D eigenvalue weighted by atomic mass is 10.2. The second kappa shape index (κ2) is 9.57. The van der Waals surface area contributed by atoms with Crippen LogP contribution in [0.15, 0.2) is 54.6 Å². The predicted molar refractivity (Wildman–Crippen MR) is 99.0 cm³/mol. The van der Waals surface area contributed by atoms with E-state index in [1.54, 1.807) is 11.9 Å². The van der Waals surface area contributed by atoms with Gasteiger partial charge in [-0.25, -0.2) is 4.79 Å². The summed E-state index contributed by atoms with van der Waals surface area (Å²) in [6, 6.07) is 17.2. The number of likely N-dealkylation sites (N-methyl/N-ethyl adjacent to an activating group) is 1. The number of hydrogen-bond donors (Lipinski definition) is 1. The second-order valence-corrected chi connectivity index (χ2v) is 6.05. The van der Waals surface area contributed by atoms with E-state index < -0.39 is 0 Å². The minimum absolute atomic E-state index is 0.126. The zero-order valence-corrected chi connectivity index (χ0v) is 15.1. The number of ether oxygens (including phenoxy) is 2. The summed E-state index contributed by atoms with van der Waals surface area (Å²) in [6.45, 7) is 5.43. The molecule has 0 saturated carbocycles. The second-order valence-electron chi connectivity index (χ2n) is 6.05. The van der Waals surface area contributed by atoms with E-state index in [2.05, 4.69) is 5.32 Å². The van der Waals surface area contributed by atoms with Gasteiger partial charge in [0.2, 0.25) is 0 Å². The number of benzene rings is 2. The summed E-state index contributed by atoms with van der Waals surface area (Å²) in [5.41, 5.74) is 1.03. The van der Waals surface area contributed by atoms with Crippen molar-refractivity contribution < 1.29 is 14.3 Å². The number of carbonyl (C=O) groups excluding carboxylic acids is 1. The number of nitrogens with zero attached hydrogens (tertiary/aromatic N) is 1. The smallest absolute Gasteiger partial charge is 0.317 e. The molecule has 0 fully saturated rings. The van der Waals surface area contributed by atoms with E-state index in [1.807, 2.05) is 68.4 Å². The van der Waals surface area contributed by atoms with E-state index in [4.69, 9.17) is 9.47 Å². The van der Waals surface area contributed by atoms with Gasteiger partial charge in [-0.15, -0.1) is 0 Å². The summed E-state index contributed by atoms with van der Waals surface area (Å²) in [5, 5.41) is 2.90. The fraction of sp³-hybridized carbons (Fsp3) is 0.350. The van der Waals surface area contributed by atoms with Crippen LogP contribution in [0.4, 0.5) is 4.79 Å². The molecule has 5 heteroatoms. The fourth-order valence-electron chi connectivity index (χ4n) is 2.19. The molecule has 0 bridgehead atoms. The molecule has 0 aromatic heterocycles. The maximum atomic E-state index is 12.1. The van der Waals surface area contributed by atoms with Gasteiger partial charge in [-0.2, -0.15) is 0 Å². The Bertz CT molecular complexity index is 642. The molecule has 5 nitrogen and oxygen atoms in total. The third-order valence-corrected chi connectivity index (χ3v) is 3.52. The minimum Gasteiger partial charge on any atom is -0.492 e. The third kappa shape index (κ3) is 6.75. The van der Waals surface area contributed by atoms with Gasteiger partial charge in [-0.1, -0.05) is 30.3 Å². The van der Waals surface area contributed by atoms with Crippen LogP contribution < -0.4 is 14.8 Å². The molecular formula is C20H26N2O3. The van der Waals surface area contributed by atoms with Gasteiger partial charge in [0.25, 0.3) is 0 Å². The summed E-state index contributed by atoms with van der Waals surface area (Å²) >= 11 is 0. The maximum Gasteiger partial charge on any atom is 0.317 e. The highest BCUT2D eigenvalue weighted by atomic mass is 16.5. The largest absolute Gasteiger partial charge is 0.492 e. The lowest BCUT2D eigenvalue weighted by Gasteiger charge is -2.18. The van der Waals surface area contributed by atoms with Crippen molar-refractivity contribution in [2.24, 2.45) is 0 Å². The highest BCUT2D eigenvalue weighted by Gasteiger charge is 2.08. The molecule has 2 aromatic rings. The number of amides is 2. The van der Waals surface area contributed by atoms with Crippen LogP contribution in [0.2, 0.25) is 0 Å². The monoisotopic (exact) mass is 342 g/mol. The lowest BCUT2D eigenvalue weighted by molar-refractivity contribution is 0.195. The Kier molecular flexibility index (Phi) is 7.14. The topological polar surface area (TPSA) is 50.8 Å². The summed E-state index contributed by atoms with van der Waals surface area (Å²) in [5.74, 6) is 1.64. The SMILES string of the molecule is CC(C)Oc1ccc(CNC(=O)N(C)CCOc2ccccc2)cc1. The van der Waals surface area contributed by atoms with Crippen LogP contribution in [0.25, 0.3) is 0 Å². The van der Waals surface area contributed by atoms with Crippen molar-refractivity contribution in [3.05, 3.63) is 60.2 Å². The Morgan fingerprint density at radius 2 is 1.72 bits per heavy atom. The molecule has 2 rings (SSSR count). The van der Waals surface area contributed by atoms with Crippen LogP contribution in [0, 0.1) is 0 Å². The molecule has 0 saturated heterocycles. The van der Waals surface area contributed by atoms with E-state index in [0.717, 1.165) is 17.1 Å². The van der Waals surface area contributed by atoms with Crippen molar-refractivity contribution >= 4 is 6.03 Å². The minimum atomic E-state index is -0.126. The van der Waals surface area contributed by atoms with Crippen molar-refractivity contribution in [2.75, 3.05) is 20.2 Å². The first-order chi connectivity index (χ1) is 12.0. The Labute approximate surface area is 149 Å². The van der Waals surface area contributed by atoms with Gasteiger partial charge >= 0.3 is 6.03 Å². The lowest BCUT2D eigenvalue weighted by Crippen LogP contribution is -2.39. The third-order valence-electron chi connectivity index (χ3n) is 3.52. The molecule has 0 aliphatic rings. The number of urea groups is 1. The quantitative estimate of drug-likeness (QED) is 0.796. The van der Waals surface area contributed by atoms with Crippen LogP contribution >= 0.6 is 0 Å². The number of nitrogens with one attached hydrogen (secondary N) is 1. The Morgan fingerprint density at radius 1 is 1.04 bits per heavy atom. The van der Waals surface area contributed by atoms with Crippen molar-refractivity contribution in [1.29, 1.82) is 0 Å². The molecular weight excluding hydrogens is 316 g/mol. The highest BCUT2D eigenvalue weighted by Crippen LogP contribution is 2.13. The molecule has 0 aliphatic carbocycles. The molecule has 0 spiro atoms. The van der Waals surface area contributed by atoms with E-state index in [1.165, 1.54) is 0 Å². The van der Waals surface area contributed by atoms with Crippen LogP contribution in [-0.2, 0) is 6.54 Å². The Morgan fingerprint density at radius 3 is 2.36 bits per heavy atom. The van der Waals surface area contributed by atoms with Gasteiger partial charge in [-0.3, -0.25) is 0 Å². The number of carbonyl (C=O) groups is 1. The molecule has 134 valence electrons. The molecule has 25 heavy (non-hydrogen) atoms. The van der Waals surface area contributed by atoms with E-state index in [-0.39, 0.29) is 12.1 Å². The molecule has 2 aromatic carbocycles. The molecule has 0 unspecified atom stereocenters. The number of rotatable bonds is 8. The first kappa shape index (κ1) is 18.6. The van der Waals surface area contributed by atoms with Crippen LogP contribution in [-0.4, -0.2) is 37.2 Å². The van der Waals surface area contributed by atoms with Crippen LogP contribution in [0.3, 0.4) is 0 Å². The molecule has 0 atom stereocenters. The zero-order chi connectivity index (χ0) is 18.1. The first-order valence-electron chi connectivity index (χ1n) is 8.47. The standard InChI is InChI=1S/C20H26N2O3/c1-16(2)25-19-11-9-17(10-12-19)15-21-20(23)22(3)13-14-24-18-7-5-4-6-8-18/h4-12,16H,13-15H2,1-3H3,(H,21,23). The molecule has 2 amide bonds. The van der Waals surface area contributed by atoms with Gasteiger partial charge in [0.1, 0.15) is 18.1 Å². The zero-order valence-electron chi connectivity index (χ0n) is 15.1. The average molecular weight is 342 g/mol. The summed E-state index contributed by atoms with van der Waals surface area (Å²) in [4.78, 5) is 13.7. The molecule has 0 heterocycles. The first-order valence-corrected chi connectivity index (χ1v) is 8.47. The number of para-hydroxylation sites is 1. The predicted octanol–water partition coefficient (Wildman–Crippen LogP) is 3.69. The van der Waals surface area contributed by atoms with Crippen molar-refractivity contribution in [1.82, 2.24) is 10.2 Å². The van der Waals surface area contributed by atoms with E-state index in [9.17, 15) is 4.79 Å². The summed E-state index contributed by atoms with van der Waals surface area (Å²) in [7, 11) is 1.75. The van der Waals surface area contributed by atoms with E-state index in [0.29, 0.717) is 19.7 Å². The Balaban J connectivity index is 1.70. The Hall–Kier alpha value is -2.69. The maximum absolute atomic E-state index is 12.1. The van der Waals surface area contributed by atoms with Crippen molar-refractivity contribution in [2.45, 2.75) is 26.5 Å². The highest BCUT2D eigenvalue weighted by molar-refractivity contribution is 5.73. The van der Waals surface area contributed by atoms with Gasteiger partial charge in [0.15, 0.2) is 0 Å². The van der Waals surface area contributed by atoms with Crippen LogP contribution in [0.1, 0.15) is 19.4 Å². The number of hydrogen-bond acceptors (Lipinski definition) is 3. The normalized spacial score (nSPS) is 10.4. The van der Waals surface area contributed by atoms with Crippen molar-refractivity contribution in [3.8, 4) is 11.5 Å². The molecule has 1 N–H and O–H groups in total. The van der Waals surface area contributed by atoms with Crippen LogP contribution in [0.5, 0.6) is 11.5 Å². The van der Waals surface area contributed by atoms with Crippen molar-refractivity contribution in [3.63, 3.8) is 0 Å². The average Bonchev–Trinajstić information content (AvgIpc) is 2.61.